The highest BCUT2D eigenvalue weighted by atomic mass is 79.9. The van der Waals surface area contributed by atoms with Crippen LogP contribution in [0.2, 0.25) is 0 Å². The third-order valence-electron chi connectivity index (χ3n) is 4.33. The zero-order chi connectivity index (χ0) is 16.7. The summed E-state index contributed by atoms with van der Waals surface area (Å²) in [6, 6.07) is 11.5. The average Bonchev–Trinajstić information content (AvgIpc) is 2.53. The van der Waals surface area contributed by atoms with Crippen LogP contribution in [0.3, 0.4) is 0 Å². The molecular weight excluding hydrogens is 371 g/mol. The molecule has 0 bridgehead atoms. The number of fused-ring (bicyclic) bond motifs is 1. The van der Waals surface area contributed by atoms with Crippen LogP contribution in [-0.2, 0) is 11.8 Å². The topological polar surface area (TPSA) is 21.3 Å². The number of nitrogens with one attached hydrogen (secondary N) is 1. The van der Waals surface area contributed by atoms with Crippen LogP contribution in [0.25, 0.3) is 0 Å². The monoisotopic (exact) mass is 385 g/mol. The molecule has 3 rings (SSSR count). The Labute approximate surface area is 140 Å². The Hall–Kier alpha value is -1.69. The van der Waals surface area contributed by atoms with Gasteiger partial charge in [-0.05, 0) is 47.9 Å². The van der Waals surface area contributed by atoms with Gasteiger partial charge in [-0.1, -0.05) is 28.1 Å². The van der Waals surface area contributed by atoms with Crippen molar-refractivity contribution in [3.05, 3.63) is 58.1 Å². The number of ether oxygens (including phenoxy) is 1. The van der Waals surface area contributed by atoms with Gasteiger partial charge in [0, 0.05) is 16.7 Å². The number of rotatable bonds is 2. The molecule has 23 heavy (non-hydrogen) atoms. The highest BCUT2D eigenvalue weighted by Gasteiger charge is 2.57. The molecule has 1 aliphatic rings. The van der Waals surface area contributed by atoms with E-state index >= 15 is 0 Å². The van der Waals surface area contributed by atoms with Gasteiger partial charge in [-0.25, -0.2) is 0 Å². The van der Waals surface area contributed by atoms with E-state index in [0.717, 1.165) is 10.2 Å². The lowest BCUT2D eigenvalue weighted by Gasteiger charge is -2.40. The van der Waals surface area contributed by atoms with E-state index in [2.05, 4.69) is 21.2 Å². The van der Waals surface area contributed by atoms with Gasteiger partial charge in [0.25, 0.3) is 0 Å². The van der Waals surface area contributed by atoms with Crippen LogP contribution in [0.15, 0.2) is 46.9 Å². The molecule has 0 radical (unpaired) electrons. The molecule has 0 aromatic heterocycles. The molecule has 0 saturated heterocycles. The number of halogens is 4. The Morgan fingerprint density at radius 1 is 1.13 bits per heavy atom. The molecule has 2 nitrogen and oxygen atoms in total. The summed E-state index contributed by atoms with van der Waals surface area (Å²) in [4.78, 5) is 0. The molecule has 1 N–H and O–H groups in total. The van der Waals surface area contributed by atoms with Crippen LogP contribution < -0.4 is 10.1 Å². The molecular formula is C17H15BrF3NO. The summed E-state index contributed by atoms with van der Waals surface area (Å²) >= 11 is 3.33. The number of benzene rings is 2. The van der Waals surface area contributed by atoms with Crippen molar-refractivity contribution in [1.82, 2.24) is 0 Å². The molecule has 1 atom stereocenters. The molecule has 2 aromatic rings. The molecule has 0 aliphatic carbocycles. The van der Waals surface area contributed by atoms with Crippen LogP contribution in [0.1, 0.15) is 11.1 Å². The second kappa shape index (κ2) is 5.74. The smallest absolute Gasteiger partial charge is 0.400 e. The fourth-order valence-electron chi connectivity index (χ4n) is 2.99. The highest BCUT2D eigenvalue weighted by Crippen LogP contribution is 2.47. The zero-order valence-electron chi connectivity index (χ0n) is 12.4. The van der Waals surface area contributed by atoms with Crippen LogP contribution in [-0.4, -0.2) is 19.8 Å². The van der Waals surface area contributed by atoms with Crippen molar-refractivity contribution in [2.24, 2.45) is 0 Å². The van der Waals surface area contributed by atoms with Gasteiger partial charge >= 0.3 is 6.18 Å². The minimum atomic E-state index is -4.37. The Morgan fingerprint density at radius 2 is 1.83 bits per heavy atom. The molecule has 6 heteroatoms. The van der Waals surface area contributed by atoms with Gasteiger partial charge in [0.15, 0.2) is 0 Å². The van der Waals surface area contributed by atoms with Gasteiger partial charge in [-0.15, -0.1) is 0 Å². The maximum Gasteiger partial charge on any atom is 0.400 e. The normalized spacial score (nSPS) is 20.6. The maximum absolute atomic E-state index is 14.0. The van der Waals surface area contributed by atoms with Crippen molar-refractivity contribution in [2.45, 2.75) is 18.0 Å². The summed E-state index contributed by atoms with van der Waals surface area (Å²) in [6.45, 7) is -0.183. The predicted molar refractivity (Wildman–Crippen MR) is 87.1 cm³/mol. The van der Waals surface area contributed by atoms with Crippen molar-refractivity contribution >= 4 is 21.6 Å². The summed E-state index contributed by atoms with van der Waals surface area (Å²) < 4.78 is 47.7. The minimum Gasteiger partial charge on any atom is -0.497 e. The first-order valence-corrected chi connectivity index (χ1v) is 7.88. The SMILES string of the molecule is COc1ccc([C@@]2(C(F)(F)F)CNc3ccc(Br)cc3C2)cc1. The van der Waals surface area contributed by atoms with Crippen molar-refractivity contribution in [1.29, 1.82) is 0 Å². The van der Waals surface area contributed by atoms with Crippen LogP contribution in [0.4, 0.5) is 18.9 Å². The van der Waals surface area contributed by atoms with Crippen LogP contribution in [0.5, 0.6) is 5.75 Å². The van der Waals surface area contributed by atoms with E-state index in [1.807, 2.05) is 6.07 Å². The first-order valence-electron chi connectivity index (χ1n) is 7.09. The van der Waals surface area contributed by atoms with E-state index in [4.69, 9.17) is 4.74 Å². The van der Waals surface area contributed by atoms with Crippen molar-refractivity contribution < 1.29 is 17.9 Å². The van der Waals surface area contributed by atoms with Crippen LogP contribution >= 0.6 is 15.9 Å². The number of anilines is 1. The van der Waals surface area contributed by atoms with Gasteiger partial charge in [0.05, 0.1) is 7.11 Å². The lowest BCUT2D eigenvalue weighted by molar-refractivity contribution is -0.187. The second-order valence-electron chi connectivity index (χ2n) is 5.64. The quantitative estimate of drug-likeness (QED) is 0.791. The molecule has 0 unspecified atom stereocenters. The first kappa shape index (κ1) is 16.2. The van der Waals surface area contributed by atoms with Gasteiger partial charge in [0.1, 0.15) is 11.2 Å². The number of hydrogen-bond acceptors (Lipinski definition) is 2. The standard InChI is InChI=1S/C17H15BrF3NO/c1-23-14-5-2-12(3-6-14)16(17(19,20)21)9-11-8-13(18)4-7-15(11)22-10-16/h2-8,22H,9-10H2,1H3/t16-/m0/s1. The molecule has 1 heterocycles. The Morgan fingerprint density at radius 3 is 2.43 bits per heavy atom. The number of methoxy groups -OCH3 is 1. The van der Waals surface area contributed by atoms with Gasteiger partial charge < -0.3 is 10.1 Å². The Kier molecular flexibility index (Phi) is 4.04. The van der Waals surface area contributed by atoms with E-state index in [9.17, 15) is 13.2 Å². The predicted octanol–water partition coefficient (Wildman–Crippen LogP) is 4.93. The largest absolute Gasteiger partial charge is 0.497 e. The second-order valence-corrected chi connectivity index (χ2v) is 6.56. The van der Waals surface area contributed by atoms with Crippen molar-refractivity contribution in [3.8, 4) is 5.75 Å². The molecule has 2 aromatic carbocycles. The van der Waals surface area contributed by atoms with Gasteiger partial charge in [-0.2, -0.15) is 13.2 Å². The first-order chi connectivity index (χ1) is 10.9. The van der Waals surface area contributed by atoms with Crippen molar-refractivity contribution in [3.63, 3.8) is 0 Å². The zero-order valence-corrected chi connectivity index (χ0v) is 14.0. The van der Waals surface area contributed by atoms with E-state index < -0.39 is 11.6 Å². The summed E-state index contributed by atoms with van der Waals surface area (Å²) in [5.41, 5.74) is -0.308. The third kappa shape index (κ3) is 2.80. The summed E-state index contributed by atoms with van der Waals surface area (Å²) in [6.07, 6.45) is -4.46. The van der Waals surface area contributed by atoms with E-state index in [0.29, 0.717) is 11.3 Å². The van der Waals surface area contributed by atoms with E-state index in [1.165, 1.54) is 19.2 Å². The highest BCUT2D eigenvalue weighted by molar-refractivity contribution is 9.10. The molecule has 0 saturated carbocycles. The molecule has 1 aliphatic heterocycles. The van der Waals surface area contributed by atoms with Crippen molar-refractivity contribution in [2.75, 3.05) is 19.0 Å². The lowest BCUT2D eigenvalue weighted by Crippen LogP contribution is -2.51. The summed E-state index contributed by atoms with van der Waals surface area (Å²) in [7, 11) is 1.49. The number of hydrogen-bond donors (Lipinski definition) is 1. The Bertz CT molecular complexity index is 715. The molecule has 0 fully saturated rings. The Balaban J connectivity index is 2.08. The van der Waals surface area contributed by atoms with E-state index in [-0.39, 0.29) is 18.5 Å². The average molecular weight is 386 g/mol. The lowest BCUT2D eigenvalue weighted by atomic mass is 9.72. The fourth-order valence-corrected chi connectivity index (χ4v) is 3.40. The molecule has 0 spiro atoms. The molecule has 122 valence electrons. The maximum atomic E-state index is 14.0. The minimum absolute atomic E-state index is 0.0927. The number of alkyl halides is 3. The van der Waals surface area contributed by atoms with Gasteiger partial charge in [-0.3, -0.25) is 0 Å². The summed E-state index contributed by atoms with van der Waals surface area (Å²) in [5, 5.41) is 2.94. The van der Waals surface area contributed by atoms with Crippen LogP contribution in [0, 0.1) is 0 Å². The van der Waals surface area contributed by atoms with E-state index in [1.54, 1.807) is 24.3 Å². The molecule has 0 amide bonds. The summed E-state index contributed by atoms with van der Waals surface area (Å²) in [5.74, 6) is 0.540. The van der Waals surface area contributed by atoms with Gasteiger partial charge in [0.2, 0.25) is 0 Å². The third-order valence-corrected chi connectivity index (χ3v) is 4.82. The fraction of sp³-hybridized carbons (Fsp3) is 0.294.